The van der Waals surface area contributed by atoms with Crippen molar-refractivity contribution >= 4 is 29.3 Å². The number of thioether (sulfide) groups is 1. The molecule has 32 heavy (non-hydrogen) atoms. The summed E-state index contributed by atoms with van der Waals surface area (Å²) >= 11 is 7.85. The Labute approximate surface area is 197 Å². The first kappa shape index (κ1) is 22.7. The van der Waals surface area contributed by atoms with Crippen LogP contribution in [0.5, 0.6) is 5.75 Å². The Balaban J connectivity index is 1.35. The van der Waals surface area contributed by atoms with E-state index in [1.54, 1.807) is 0 Å². The van der Waals surface area contributed by atoms with Crippen molar-refractivity contribution in [2.45, 2.75) is 43.8 Å². The van der Waals surface area contributed by atoms with Crippen LogP contribution in [0, 0.1) is 6.92 Å². The maximum Gasteiger partial charge on any atom is 0.230 e. The summed E-state index contributed by atoms with van der Waals surface area (Å²) in [6, 6.07) is 15.9. The molecule has 1 fully saturated rings. The molecule has 168 valence electrons. The van der Waals surface area contributed by atoms with E-state index in [2.05, 4.69) is 20.1 Å². The fourth-order valence-corrected chi connectivity index (χ4v) is 4.99. The molecule has 0 unspecified atom stereocenters. The third-order valence-electron chi connectivity index (χ3n) is 5.48. The van der Waals surface area contributed by atoms with Crippen LogP contribution < -0.4 is 10.1 Å². The number of nitrogens with zero attached hydrogens (tertiary/aromatic N) is 3. The molecule has 0 atom stereocenters. The molecule has 2 aromatic carbocycles. The number of halogens is 1. The summed E-state index contributed by atoms with van der Waals surface area (Å²) in [7, 11) is 0. The van der Waals surface area contributed by atoms with E-state index >= 15 is 0 Å². The minimum atomic E-state index is -0.0527. The van der Waals surface area contributed by atoms with E-state index in [-0.39, 0.29) is 11.7 Å². The van der Waals surface area contributed by atoms with Gasteiger partial charge in [-0.15, -0.1) is 10.2 Å². The Morgan fingerprint density at radius 3 is 2.78 bits per heavy atom. The van der Waals surface area contributed by atoms with E-state index in [0.717, 1.165) is 40.7 Å². The number of hydrogen-bond donors (Lipinski definition) is 1. The van der Waals surface area contributed by atoms with E-state index in [1.165, 1.54) is 24.6 Å². The summed E-state index contributed by atoms with van der Waals surface area (Å²) in [5, 5.41) is 13.2. The van der Waals surface area contributed by atoms with Gasteiger partial charge >= 0.3 is 0 Å². The topological polar surface area (TPSA) is 69.0 Å². The maximum atomic E-state index is 12.4. The predicted molar refractivity (Wildman–Crippen MR) is 128 cm³/mol. The van der Waals surface area contributed by atoms with Crippen molar-refractivity contribution < 1.29 is 9.53 Å². The minimum Gasteiger partial charge on any atom is -0.492 e. The maximum absolute atomic E-state index is 12.4. The Morgan fingerprint density at radius 1 is 1.19 bits per heavy atom. The normalized spacial score (nSPS) is 13.9. The molecular weight excluding hydrogens is 444 g/mol. The third-order valence-corrected chi connectivity index (χ3v) is 6.76. The van der Waals surface area contributed by atoms with Crippen molar-refractivity contribution in [1.29, 1.82) is 0 Å². The first-order valence-corrected chi connectivity index (χ1v) is 12.3. The number of aromatic nitrogens is 3. The molecule has 1 N–H and O–H groups in total. The summed E-state index contributed by atoms with van der Waals surface area (Å²) in [4.78, 5) is 12.4. The minimum absolute atomic E-state index is 0.0527. The van der Waals surface area contributed by atoms with Crippen LogP contribution >= 0.6 is 23.4 Å². The number of nitrogens with one attached hydrogen (secondary N) is 1. The average molecular weight is 471 g/mol. The molecule has 0 spiro atoms. The molecule has 3 aromatic rings. The number of carbonyl (C=O) groups excluding carboxylic acids is 1. The summed E-state index contributed by atoms with van der Waals surface area (Å²) < 4.78 is 7.86. The van der Waals surface area contributed by atoms with Crippen LogP contribution in [0.1, 0.15) is 37.3 Å². The second-order valence-electron chi connectivity index (χ2n) is 7.90. The summed E-state index contributed by atoms with van der Waals surface area (Å²) in [6.07, 6.45) is 4.56. The molecule has 1 aromatic heterocycles. The van der Waals surface area contributed by atoms with Crippen LogP contribution in [0.15, 0.2) is 53.7 Å². The van der Waals surface area contributed by atoms with Gasteiger partial charge in [-0.2, -0.15) is 0 Å². The van der Waals surface area contributed by atoms with Gasteiger partial charge in [0.25, 0.3) is 0 Å². The van der Waals surface area contributed by atoms with Crippen molar-refractivity contribution in [1.82, 2.24) is 20.1 Å². The van der Waals surface area contributed by atoms with Crippen LogP contribution in [0.25, 0.3) is 11.4 Å². The lowest BCUT2D eigenvalue weighted by Crippen LogP contribution is -2.29. The number of aryl methyl sites for hydroxylation is 1. The smallest absolute Gasteiger partial charge is 0.230 e. The number of rotatable bonds is 9. The predicted octanol–water partition coefficient (Wildman–Crippen LogP) is 5.31. The number of ether oxygens (including phenoxy) is 1. The van der Waals surface area contributed by atoms with E-state index in [9.17, 15) is 4.79 Å². The second-order valence-corrected chi connectivity index (χ2v) is 9.25. The van der Waals surface area contributed by atoms with Gasteiger partial charge in [0.15, 0.2) is 11.0 Å². The summed E-state index contributed by atoms with van der Waals surface area (Å²) in [6.45, 7) is 2.90. The lowest BCUT2D eigenvalue weighted by Gasteiger charge is -2.17. The summed E-state index contributed by atoms with van der Waals surface area (Å²) in [5.41, 5.74) is 2.02. The molecular formula is C24H27ClN4O2S. The lowest BCUT2D eigenvalue weighted by molar-refractivity contribution is -0.118. The fourth-order valence-electron chi connectivity index (χ4n) is 3.94. The first-order valence-electron chi connectivity index (χ1n) is 10.9. The van der Waals surface area contributed by atoms with Gasteiger partial charge < -0.3 is 10.1 Å². The first-order chi connectivity index (χ1) is 15.6. The third kappa shape index (κ3) is 5.64. The Kier molecular flexibility index (Phi) is 7.71. The van der Waals surface area contributed by atoms with Crippen LogP contribution in [0.2, 0.25) is 5.02 Å². The van der Waals surface area contributed by atoms with Crippen molar-refractivity contribution in [3.63, 3.8) is 0 Å². The van der Waals surface area contributed by atoms with E-state index in [4.69, 9.17) is 16.3 Å². The molecule has 0 aliphatic heterocycles. The molecule has 1 saturated carbocycles. The number of benzene rings is 2. The van der Waals surface area contributed by atoms with Crippen LogP contribution in [-0.2, 0) is 4.79 Å². The van der Waals surface area contributed by atoms with Gasteiger partial charge in [0.2, 0.25) is 5.91 Å². The molecule has 1 heterocycles. The molecule has 1 amide bonds. The van der Waals surface area contributed by atoms with E-state index in [0.29, 0.717) is 24.2 Å². The SMILES string of the molecule is Cc1cccc(OCCNC(=O)CSc2nnc(-c3ccccc3Cl)n2C2CCCC2)c1. The molecule has 8 heteroatoms. The van der Waals surface area contributed by atoms with E-state index in [1.807, 2.05) is 55.5 Å². The Hall–Kier alpha value is -2.51. The zero-order chi connectivity index (χ0) is 22.3. The molecule has 0 bridgehead atoms. The Bertz CT molecular complexity index is 1070. The van der Waals surface area contributed by atoms with E-state index < -0.39 is 0 Å². The monoisotopic (exact) mass is 470 g/mol. The van der Waals surface area contributed by atoms with Crippen LogP contribution in [0.4, 0.5) is 0 Å². The molecule has 1 aliphatic carbocycles. The highest BCUT2D eigenvalue weighted by Crippen LogP contribution is 2.38. The van der Waals surface area contributed by atoms with Gasteiger partial charge in [0, 0.05) is 11.6 Å². The van der Waals surface area contributed by atoms with Gasteiger partial charge in [-0.3, -0.25) is 9.36 Å². The zero-order valence-electron chi connectivity index (χ0n) is 18.1. The van der Waals surface area contributed by atoms with Crippen LogP contribution in [-0.4, -0.2) is 39.6 Å². The quantitative estimate of drug-likeness (QED) is 0.339. The molecule has 6 nitrogen and oxygen atoms in total. The largest absolute Gasteiger partial charge is 0.492 e. The standard InChI is InChI=1S/C24H27ClN4O2S/c1-17-7-6-10-19(15-17)31-14-13-26-22(30)16-32-24-28-27-23(20-11-4-5-12-21(20)25)29(24)18-8-2-3-9-18/h4-7,10-12,15,18H,2-3,8-9,13-14,16H2,1H3,(H,26,30). The number of carbonyl (C=O) groups is 1. The molecule has 0 saturated heterocycles. The van der Waals surface area contributed by atoms with Gasteiger partial charge in [-0.1, -0.05) is 60.5 Å². The van der Waals surface area contributed by atoms with Gasteiger partial charge in [-0.25, -0.2) is 0 Å². The second kappa shape index (κ2) is 10.9. The highest BCUT2D eigenvalue weighted by atomic mass is 35.5. The lowest BCUT2D eigenvalue weighted by atomic mass is 10.2. The van der Waals surface area contributed by atoms with Crippen molar-refractivity contribution in [2.75, 3.05) is 18.9 Å². The van der Waals surface area contributed by atoms with Gasteiger partial charge in [0.05, 0.1) is 17.3 Å². The zero-order valence-corrected chi connectivity index (χ0v) is 19.7. The number of amides is 1. The van der Waals surface area contributed by atoms with Crippen molar-refractivity contribution in [3.05, 3.63) is 59.1 Å². The molecule has 1 aliphatic rings. The van der Waals surface area contributed by atoms with Crippen molar-refractivity contribution in [2.24, 2.45) is 0 Å². The van der Waals surface area contributed by atoms with Crippen LogP contribution in [0.3, 0.4) is 0 Å². The average Bonchev–Trinajstić information content (AvgIpc) is 3.45. The van der Waals surface area contributed by atoms with Gasteiger partial charge in [0.1, 0.15) is 12.4 Å². The highest BCUT2D eigenvalue weighted by Gasteiger charge is 2.26. The molecule has 4 rings (SSSR count). The molecule has 0 radical (unpaired) electrons. The Morgan fingerprint density at radius 2 is 2.00 bits per heavy atom. The fraction of sp³-hybridized carbons (Fsp3) is 0.375. The number of hydrogen-bond acceptors (Lipinski definition) is 5. The highest BCUT2D eigenvalue weighted by molar-refractivity contribution is 7.99. The summed E-state index contributed by atoms with van der Waals surface area (Å²) in [5.74, 6) is 1.81. The van der Waals surface area contributed by atoms with Crippen molar-refractivity contribution in [3.8, 4) is 17.1 Å². The van der Waals surface area contributed by atoms with Gasteiger partial charge in [-0.05, 0) is 49.6 Å².